The Hall–Kier alpha value is -2.64. The van der Waals surface area contributed by atoms with Gasteiger partial charge in [0.05, 0.1) is 18.2 Å². The van der Waals surface area contributed by atoms with Crippen LogP contribution >= 0.6 is 0 Å². The standard InChI is InChI=1S/C23H28N2O2/c1-6-23(5)11-10-19(13-21(23)16(2)3)17(4)15-25(27)22(26)20-9-7-8-18(12-20)14-24/h6-9,12,19,21,27H,1-2,4,10-11,13,15H2,3,5H3/t19-,21+,23-/m1/s1. The molecule has 2 rings (SSSR count). The highest BCUT2D eigenvalue weighted by Gasteiger charge is 2.39. The van der Waals surface area contributed by atoms with E-state index in [1.807, 2.05) is 19.1 Å². The molecule has 0 saturated heterocycles. The van der Waals surface area contributed by atoms with Crippen LogP contribution in [0.5, 0.6) is 0 Å². The Kier molecular flexibility index (Phi) is 6.41. The fourth-order valence-electron chi connectivity index (χ4n) is 3.97. The summed E-state index contributed by atoms with van der Waals surface area (Å²) in [5, 5.41) is 19.9. The molecule has 142 valence electrons. The first-order valence-electron chi connectivity index (χ1n) is 9.19. The third-order valence-electron chi connectivity index (χ3n) is 5.81. The molecule has 1 saturated carbocycles. The lowest BCUT2D eigenvalue weighted by Crippen LogP contribution is -2.36. The lowest BCUT2D eigenvalue weighted by Gasteiger charge is -2.44. The number of rotatable bonds is 6. The van der Waals surface area contributed by atoms with Crippen LogP contribution in [0.1, 0.15) is 49.0 Å². The Morgan fingerprint density at radius 3 is 2.78 bits per heavy atom. The molecule has 0 heterocycles. The predicted octanol–water partition coefficient (Wildman–Crippen LogP) is 5.13. The fourth-order valence-corrected chi connectivity index (χ4v) is 3.97. The number of benzene rings is 1. The Labute approximate surface area is 162 Å². The minimum Gasteiger partial charge on any atom is -0.285 e. The first-order chi connectivity index (χ1) is 12.7. The normalized spacial score (nSPS) is 24.5. The second kappa shape index (κ2) is 8.37. The molecule has 1 amide bonds. The largest absolute Gasteiger partial charge is 0.285 e. The molecule has 0 aromatic heterocycles. The summed E-state index contributed by atoms with van der Waals surface area (Å²) in [6, 6.07) is 8.30. The molecule has 1 aliphatic rings. The molecule has 27 heavy (non-hydrogen) atoms. The molecule has 1 aliphatic carbocycles. The summed E-state index contributed by atoms with van der Waals surface area (Å²) in [4.78, 5) is 12.5. The van der Waals surface area contributed by atoms with Crippen molar-refractivity contribution in [1.29, 1.82) is 5.26 Å². The number of hydroxylamine groups is 2. The molecule has 1 fully saturated rings. The van der Waals surface area contributed by atoms with Crippen molar-refractivity contribution in [2.75, 3.05) is 6.54 Å². The van der Waals surface area contributed by atoms with E-state index in [0.29, 0.717) is 16.5 Å². The SMILES string of the molecule is C=C[C@]1(C)CC[C@@H](C(=C)CN(O)C(=O)c2cccc(C#N)c2)C[C@H]1C(=C)C. The minimum absolute atomic E-state index is 0.0229. The van der Waals surface area contributed by atoms with E-state index in [0.717, 1.165) is 30.4 Å². The van der Waals surface area contributed by atoms with Gasteiger partial charge >= 0.3 is 0 Å². The van der Waals surface area contributed by atoms with Crippen LogP contribution in [-0.2, 0) is 0 Å². The Bertz CT molecular complexity index is 805. The number of nitriles is 1. The maximum absolute atomic E-state index is 12.5. The van der Waals surface area contributed by atoms with Crippen molar-refractivity contribution in [2.45, 2.75) is 33.1 Å². The van der Waals surface area contributed by atoms with Gasteiger partial charge in [-0.05, 0) is 61.6 Å². The van der Waals surface area contributed by atoms with Crippen molar-refractivity contribution in [3.8, 4) is 6.07 Å². The zero-order valence-electron chi connectivity index (χ0n) is 16.2. The highest BCUT2D eigenvalue weighted by molar-refractivity contribution is 5.93. The van der Waals surface area contributed by atoms with Crippen LogP contribution in [0.2, 0.25) is 0 Å². The van der Waals surface area contributed by atoms with Gasteiger partial charge in [-0.25, -0.2) is 5.06 Å². The quantitative estimate of drug-likeness (QED) is 0.432. The highest BCUT2D eigenvalue weighted by atomic mass is 16.5. The average molecular weight is 364 g/mol. The van der Waals surface area contributed by atoms with Crippen LogP contribution < -0.4 is 0 Å². The number of amides is 1. The third-order valence-corrected chi connectivity index (χ3v) is 5.81. The summed E-state index contributed by atoms with van der Waals surface area (Å²) in [7, 11) is 0. The van der Waals surface area contributed by atoms with E-state index in [-0.39, 0.29) is 23.4 Å². The molecule has 0 bridgehead atoms. The van der Waals surface area contributed by atoms with E-state index in [1.54, 1.807) is 18.2 Å². The molecule has 0 unspecified atom stereocenters. The Morgan fingerprint density at radius 2 is 2.19 bits per heavy atom. The van der Waals surface area contributed by atoms with Crippen LogP contribution in [0.15, 0.2) is 61.2 Å². The molecule has 0 radical (unpaired) electrons. The van der Waals surface area contributed by atoms with E-state index in [4.69, 9.17) is 5.26 Å². The zero-order chi connectivity index (χ0) is 20.2. The smallest absolute Gasteiger partial charge is 0.277 e. The van der Waals surface area contributed by atoms with Gasteiger partial charge in [0.2, 0.25) is 0 Å². The summed E-state index contributed by atoms with van der Waals surface area (Å²) < 4.78 is 0. The van der Waals surface area contributed by atoms with Crippen LogP contribution in [0.4, 0.5) is 0 Å². The van der Waals surface area contributed by atoms with Gasteiger partial charge in [0.15, 0.2) is 0 Å². The first-order valence-corrected chi connectivity index (χ1v) is 9.19. The van der Waals surface area contributed by atoms with Gasteiger partial charge in [-0.1, -0.05) is 43.4 Å². The van der Waals surface area contributed by atoms with Gasteiger partial charge < -0.3 is 0 Å². The number of hydrogen-bond acceptors (Lipinski definition) is 3. The van der Waals surface area contributed by atoms with Crippen molar-refractivity contribution < 1.29 is 10.0 Å². The van der Waals surface area contributed by atoms with Crippen LogP contribution in [-0.4, -0.2) is 22.7 Å². The van der Waals surface area contributed by atoms with Gasteiger partial charge in [-0.15, -0.1) is 6.58 Å². The van der Waals surface area contributed by atoms with E-state index < -0.39 is 5.91 Å². The number of carbonyl (C=O) groups excluding carboxylic acids is 1. The molecule has 0 aliphatic heterocycles. The van der Waals surface area contributed by atoms with Crippen molar-refractivity contribution in [1.82, 2.24) is 5.06 Å². The lowest BCUT2D eigenvalue weighted by atomic mass is 9.61. The summed E-state index contributed by atoms with van der Waals surface area (Å²) in [5.41, 5.74) is 2.65. The van der Waals surface area contributed by atoms with Gasteiger partial charge in [-0.3, -0.25) is 10.0 Å². The predicted molar refractivity (Wildman–Crippen MR) is 107 cm³/mol. The molecule has 1 aromatic carbocycles. The molecule has 4 heteroatoms. The average Bonchev–Trinajstić information content (AvgIpc) is 2.67. The number of carbonyl (C=O) groups is 1. The second-order valence-electron chi connectivity index (χ2n) is 7.79. The summed E-state index contributed by atoms with van der Waals surface area (Å²) in [6.45, 7) is 16.6. The minimum atomic E-state index is -0.531. The molecule has 4 nitrogen and oxygen atoms in total. The van der Waals surface area contributed by atoms with Gasteiger partial charge in [0.1, 0.15) is 0 Å². The van der Waals surface area contributed by atoms with Crippen molar-refractivity contribution in [3.05, 3.63) is 72.4 Å². The summed E-state index contributed by atoms with van der Waals surface area (Å²) in [5.74, 6) is -0.00953. The van der Waals surface area contributed by atoms with Crippen LogP contribution in [0.25, 0.3) is 0 Å². The molecule has 3 atom stereocenters. The van der Waals surface area contributed by atoms with Crippen LogP contribution in [0.3, 0.4) is 0 Å². The Morgan fingerprint density at radius 1 is 1.48 bits per heavy atom. The molecule has 0 spiro atoms. The summed E-state index contributed by atoms with van der Waals surface area (Å²) in [6.07, 6.45) is 4.83. The fraction of sp³-hybridized carbons (Fsp3) is 0.391. The molecule has 1 aromatic rings. The number of hydrogen-bond donors (Lipinski definition) is 1. The third kappa shape index (κ3) is 4.56. The maximum atomic E-state index is 12.5. The van der Waals surface area contributed by atoms with Gasteiger partial charge in [0.25, 0.3) is 5.91 Å². The zero-order valence-corrected chi connectivity index (χ0v) is 16.2. The number of nitrogens with zero attached hydrogens (tertiary/aromatic N) is 2. The topological polar surface area (TPSA) is 64.3 Å². The number of allylic oxidation sites excluding steroid dienone is 2. The van der Waals surface area contributed by atoms with E-state index in [1.165, 1.54) is 6.07 Å². The van der Waals surface area contributed by atoms with Crippen LogP contribution in [0, 0.1) is 28.6 Å². The first kappa shape index (κ1) is 20.7. The molecule has 1 N–H and O–H groups in total. The maximum Gasteiger partial charge on any atom is 0.277 e. The van der Waals surface area contributed by atoms with Crippen molar-refractivity contribution in [2.24, 2.45) is 17.3 Å². The summed E-state index contributed by atoms with van der Waals surface area (Å²) >= 11 is 0. The van der Waals surface area contributed by atoms with Crippen molar-refractivity contribution in [3.63, 3.8) is 0 Å². The lowest BCUT2D eigenvalue weighted by molar-refractivity contribution is -0.0532. The van der Waals surface area contributed by atoms with E-state index >= 15 is 0 Å². The van der Waals surface area contributed by atoms with E-state index in [2.05, 4.69) is 26.7 Å². The Balaban J connectivity index is 2.06. The van der Waals surface area contributed by atoms with Crippen molar-refractivity contribution >= 4 is 5.91 Å². The second-order valence-corrected chi connectivity index (χ2v) is 7.79. The monoisotopic (exact) mass is 364 g/mol. The van der Waals surface area contributed by atoms with Gasteiger partial charge in [-0.2, -0.15) is 5.26 Å². The molecular weight excluding hydrogens is 336 g/mol. The molecular formula is C23H28N2O2. The van der Waals surface area contributed by atoms with Gasteiger partial charge in [0, 0.05) is 5.56 Å². The van der Waals surface area contributed by atoms with E-state index in [9.17, 15) is 10.0 Å². The highest BCUT2D eigenvalue weighted by Crippen LogP contribution is 2.48.